The van der Waals surface area contributed by atoms with Gasteiger partial charge in [-0.15, -0.1) is 6.58 Å². The largest absolute Gasteiger partial charge is 0.381 e. The van der Waals surface area contributed by atoms with Gasteiger partial charge >= 0.3 is 0 Å². The SMILES string of the molecule is C1=Cc2cc3ccc(cc4nc(cc5ccc(cc1n2)[nH]5)C=C4)[nH]3.C=CCOC. The van der Waals surface area contributed by atoms with Gasteiger partial charge < -0.3 is 14.7 Å². The van der Waals surface area contributed by atoms with E-state index in [2.05, 4.69) is 55.5 Å². The minimum atomic E-state index is 0.653. The van der Waals surface area contributed by atoms with Crippen LogP contribution in [0.3, 0.4) is 0 Å². The van der Waals surface area contributed by atoms with Gasteiger partial charge in [0.05, 0.1) is 29.4 Å². The Balaban J connectivity index is 0.000000369. The van der Waals surface area contributed by atoms with Crippen molar-refractivity contribution in [2.24, 2.45) is 0 Å². The molecule has 2 aliphatic rings. The lowest BCUT2D eigenvalue weighted by Crippen LogP contribution is -1.76. The van der Waals surface area contributed by atoms with Crippen molar-refractivity contribution >= 4 is 46.4 Å². The first-order chi connectivity index (χ1) is 14.2. The van der Waals surface area contributed by atoms with Gasteiger partial charge in [0, 0.05) is 29.2 Å². The molecule has 5 heteroatoms. The van der Waals surface area contributed by atoms with Gasteiger partial charge in [-0.1, -0.05) is 6.08 Å². The molecule has 2 N–H and O–H groups in total. The quantitative estimate of drug-likeness (QED) is 0.398. The Hall–Kier alpha value is -3.70. The number of methoxy groups -OCH3 is 1. The van der Waals surface area contributed by atoms with Crippen LogP contribution in [0.4, 0.5) is 0 Å². The van der Waals surface area contributed by atoms with Gasteiger partial charge in [-0.2, -0.15) is 0 Å². The van der Waals surface area contributed by atoms with Crippen LogP contribution in [0.25, 0.3) is 46.4 Å². The number of aromatic nitrogens is 4. The predicted octanol–water partition coefficient (Wildman–Crippen LogP) is 5.47. The fourth-order valence-corrected chi connectivity index (χ4v) is 3.06. The van der Waals surface area contributed by atoms with E-state index in [4.69, 9.17) is 0 Å². The Morgan fingerprint density at radius 2 is 1.07 bits per heavy atom. The number of hydrogen-bond acceptors (Lipinski definition) is 3. The highest BCUT2D eigenvalue weighted by atomic mass is 16.5. The monoisotopic (exact) mass is 382 g/mol. The topological polar surface area (TPSA) is 66.6 Å². The first kappa shape index (κ1) is 18.7. The summed E-state index contributed by atoms with van der Waals surface area (Å²) in [6.07, 6.45) is 9.80. The molecular formula is C24H22N4O. The van der Waals surface area contributed by atoms with Gasteiger partial charge in [0.15, 0.2) is 0 Å². The minimum absolute atomic E-state index is 0.653. The van der Waals surface area contributed by atoms with Crippen LogP contribution in [0.1, 0.15) is 22.8 Å². The van der Waals surface area contributed by atoms with Crippen molar-refractivity contribution in [2.75, 3.05) is 13.7 Å². The molecule has 0 unspecified atom stereocenters. The molecule has 144 valence electrons. The van der Waals surface area contributed by atoms with Crippen molar-refractivity contribution in [3.8, 4) is 0 Å². The van der Waals surface area contributed by atoms with Gasteiger partial charge in [0.2, 0.25) is 0 Å². The van der Waals surface area contributed by atoms with Crippen molar-refractivity contribution in [3.05, 3.63) is 84.0 Å². The van der Waals surface area contributed by atoms with Crippen LogP contribution in [0, 0.1) is 0 Å². The van der Waals surface area contributed by atoms with E-state index in [-0.39, 0.29) is 0 Å². The lowest BCUT2D eigenvalue weighted by Gasteiger charge is -1.85. The van der Waals surface area contributed by atoms with Crippen LogP contribution in [-0.4, -0.2) is 33.7 Å². The van der Waals surface area contributed by atoms with E-state index < -0.39 is 0 Å². The molecule has 0 atom stereocenters. The summed E-state index contributed by atoms with van der Waals surface area (Å²) < 4.78 is 4.57. The molecule has 0 amide bonds. The molecule has 0 aliphatic carbocycles. The molecule has 0 spiro atoms. The Kier molecular flexibility index (Phi) is 5.49. The van der Waals surface area contributed by atoms with E-state index in [0.29, 0.717) is 6.61 Å². The first-order valence-corrected chi connectivity index (χ1v) is 9.36. The van der Waals surface area contributed by atoms with Crippen molar-refractivity contribution in [2.45, 2.75) is 0 Å². The summed E-state index contributed by atoms with van der Waals surface area (Å²) in [5.41, 5.74) is 7.86. The van der Waals surface area contributed by atoms with Gasteiger partial charge in [0.25, 0.3) is 0 Å². The summed E-state index contributed by atoms with van der Waals surface area (Å²) in [5.74, 6) is 0. The maximum absolute atomic E-state index is 4.63. The van der Waals surface area contributed by atoms with Gasteiger partial charge in [-0.3, -0.25) is 0 Å². The molecule has 8 bridgehead atoms. The standard InChI is InChI=1S/C20H14N4.C4H8O/c1-2-14-10-16-5-6-18(23-16)12-20-8-7-19(24-20)11-17-4-3-15(22-17)9-13(1)21-14;1-3-4-5-2/h1-12,21,24H;3H,1,4H2,2H3. The number of nitrogens with zero attached hydrogens (tertiary/aromatic N) is 2. The van der Waals surface area contributed by atoms with Crippen LogP contribution in [0.5, 0.6) is 0 Å². The molecule has 0 fully saturated rings. The fourth-order valence-electron chi connectivity index (χ4n) is 3.06. The molecule has 0 aromatic carbocycles. The third-order valence-electron chi connectivity index (χ3n) is 4.33. The average Bonchev–Trinajstić information content (AvgIpc) is 3.48. The number of H-pyrrole nitrogens is 2. The lowest BCUT2D eigenvalue weighted by atomic mass is 10.3. The van der Waals surface area contributed by atoms with Crippen LogP contribution >= 0.6 is 0 Å². The Bertz CT molecular complexity index is 1070. The van der Waals surface area contributed by atoms with E-state index in [9.17, 15) is 0 Å². The smallest absolute Gasteiger partial charge is 0.0658 e. The number of hydrogen-bond donors (Lipinski definition) is 2. The van der Waals surface area contributed by atoms with E-state index in [1.807, 2.05) is 48.6 Å². The summed E-state index contributed by atoms with van der Waals surface area (Å²) in [6.45, 7) is 4.08. The molecule has 5 heterocycles. The molecule has 2 aliphatic heterocycles. The lowest BCUT2D eigenvalue weighted by molar-refractivity contribution is 0.234. The van der Waals surface area contributed by atoms with E-state index in [1.54, 1.807) is 13.2 Å². The van der Waals surface area contributed by atoms with Gasteiger partial charge in [-0.05, 0) is 72.8 Å². The predicted molar refractivity (Wildman–Crippen MR) is 121 cm³/mol. The van der Waals surface area contributed by atoms with E-state index in [1.165, 1.54) is 0 Å². The Morgan fingerprint density at radius 3 is 1.31 bits per heavy atom. The molecule has 3 aromatic heterocycles. The molecule has 0 radical (unpaired) electrons. The molecule has 5 rings (SSSR count). The second kappa shape index (κ2) is 8.54. The summed E-state index contributed by atoms with van der Waals surface area (Å²) in [7, 11) is 1.64. The summed E-state index contributed by atoms with van der Waals surface area (Å²) in [4.78, 5) is 16.0. The molecule has 29 heavy (non-hydrogen) atoms. The Labute approximate surface area is 169 Å². The molecule has 3 aromatic rings. The number of rotatable bonds is 2. The Morgan fingerprint density at radius 1 is 0.724 bits per heavy atom. The zero-order valence-electron chi connectivity index (χ0n) is 16.2. The summed E-state index contributed by atoms with van der Waals surface area (Å²) >= 11 is 0. The van der Waals surface area contributed by atoms with Crippen LogP contribution < -0.4 is 0 Å². The van der Waals surface area contributed by atoms with Crippen molar-refractivity contribution in [1.29, 1.82) is 0 Å². The minimum Gasteiger partial charge on any atom is -0.381 e. The molecule has 0 saturated carbocycles. The van der Waals surface area contributed by atoms with E-state index >= 15 is 0 Å². The number of ether oxygens (including phenoxy) is 1. The zero-order valence-corrected chi connectivity index (χ0v) is 16.2. The number of nitrogens with one attached hydrogen (secondary N) is 2. The van der Waals surface area contributed by atoms with Crippen molar-refractivity contribution in [1.82, 2.24) is 19.9 Å². The third-order valence-corrected chi connectivity index (χ3v) is 4.33. The van der Waals surface area contributed by atoms with Crippen LogP contribution in [0.15, 0.2) is 61.2 Å². The highest BCUT2D eigenvalue weighted by molar-refractivity contribution is 5.77. The molecule has 0 saturated heterocycles. The van der Waals surface area contributed by atoms with Crippen molar-refractivity contribution in [3.63, 3.8) is 0 Å². The van der Waals surface area contributed by atoms with Crippen LogP contribution in [-0.2, 0) is 4.74 Å². The molecule has 5 nitrogen and oxygen atoms in total. The normalized spacial score (nSPS) is 11.8. The average molecular weight is 382 g/mol. The maximum Gasteiger partial charge on any atom is 0.0658 e. The fraction of sp³-hybridized carbons (Fsp3) is 0.0833. The number of fused-ring (bicyclic) bond motifs is 8. The molecular weight excluding hydrogens is 360 g/mol. The van der Waals surface area contributed by atoms with Crippen LogP contribution in [0.2, 0.25) is 0 Å². The second-order valence-corrected chi connectivity index (χ2v) is 6.65. The summed E-state index contributed by atoms with van der Waals surface area (Å²) in [6, 6.07) is 16.4. The number of aromatic amines is 2. The highest BCUT2D eigenvalue weighted by Gasteiger charge is 2.01. The zero-order chi connectivity index (χ0) is 20.1. The van der Waals surface area contributed by atoms with Crippen molar-refractivity contribution < 1.29 is 4.74 Å². The second-order valence-electron chi connectivity index (χ2n) is 6.65. The first-order valence-electron chi connectivity index (χ1n) is 9.36. The highest BCUT2D eigenvalue weighted by Crippen LogP contribution is 2.16. The third kappa shape index (κ3) is 4.78. The van der Waals surface area contributed by atoms with Gasteiger partial charge in [-0.25, -0.2) is 9.97 Å². The summed E-state index contributed by atoms with van der Waals surface area (Å²) in [5, 5.41) is 0. The van der Waals surface area contributed by atoms with E-state index in [0.717, 1.165) is 44.8 Å². The maximum atomic E-state index is 4.63. The van der Waals surface area contributed by atoms with Gasteiger partial charge in [0.1, 0.15) is 0 Å².